The topological polar surface area (TPSA) is 64.2 Å². The van der Waals surface area contributed by atoms with E-state index >= 15 is 0 Å². The van der Waals surface area contributed by atoms with Gasteiger partial charge in [0.05, 0.1) is 22.8 Å². The molecule has 0 N–H and O–H groups in total. The normalized spacial score (nSPS) is 14.2. The van der Waals surface area contributed by atoms with Crippen molar-refractivity contribution in [3.63, 3.8) is 0 Å². The molecule has 0 bridgehead atoms. The Hall–Kier alpha value is -1.89. The number of hydrogen-bond acceptors (Lipinski definition) is 4. The number of hydrogen-bond donors (Lipinski definition) is 0. The first-order chi connectivity index (χ1) is 10.9. The molecule has 0 saturated heterocycles. The van der Waals surface area contributed by atoms with Gasteiger partial charge < -0.3 is 9.47 Å². The molecule has 0 atom stereocenters. The number of nitro benzene ring substituents is 1. The van der Waals surface area contributed by atoms with Crippen molar-refractivity contribution in [2.24, 2.45) is 7.05 Å². The van der Waals surface area contributed by atoms with Gasteiger partial charge in [-0.3, -0.25) is 10.1 Å². The summed E-state index contributed by atoms with van der Waals surface area (Å²) in [5, 5.41) is 10.9. The number of anilines is 1. The van der Waals surface area contributed by atoms with Crippen molar-refractivity contribution < 1.29 is 4.92 Å². The summed E-state index contributed by atoms with van der Waals surface area (Å²) in [5.74, 6) is 1.50. The Labute approximate surface area is 143 Å². The van der Waals surface area contributed by atoms with Gasteiger partial charge in [0.2, 0.25) is 0 Å². The number of nitro groups is 1. The maximum absolute atomic E-state index is 10.9. The van der Waals surface area contributed by atoms with Gasteiger partial charge in [-0.05, 0) is 22.0 Å². The van der Waals surface area contributed by atoms with Crippen LogP contribution in [0.15, 0.2) is 22.7 Å². The Kier molecular flexibility index (Phi) is 4.14. The highest BCUT2D eigenvalue weighted by Gasteiger charge is 2.25. The second-order valence-electron chi connectivity index (χ2n) is 6.14. The van der Waals surface area contributed by atoms with E-state index in [0.717, 1.165) is 41.2 Å². The van der Waals surface area contributed by atoms with Crippen LogP contribution < -0.4 is 4.90 Å². The van der Waals surface area contributed by atoms with Gasteiger partial charge in [0.15, 0.2) is 0 Å². The number of nitrogens with zero attached hydrogens (tertiary/aromatic N) is 4. The smallest absolute Gasteiger partial charge is 0.270 e. The van der Waals surface area contributed by atoms with Gasteiger partial charge in [0, 0.05) is 48.2 Å². The molecule has 1 aliphatic heterocycles. The molecule has 0 unspecified atom stereocenters. The first-order valence-electron chi connectivity index (χ1n) is 7.61. The Morgan fingerprint density at radius 3 is 2.74 bits per heavy atom. The Bertz CT molecular complexity index is 770. The molecule has 2 aromatic rings. The molecule has 1 aromatic heterocycles. The van der Waals surface area contributed by atoms with E-state index in [1.165, 1.54) is 5.69 Å². The van der Waals surface area contributed by atoms with E-state index in [-0.39, 0.29) is 10.6 Å². The molecule has 2 heterocycles. The van der Waals surface area contributed by atoms with Gasteiger partial charge in [-0.15, -0.1) is 0 Å². The molecule has 3 rings (SSSR count). The third kappa shape index (κ3) is 2.85. The molecular weight excluding hydrogens is 360 g/mol. The molecule has 0 spiro atoms. The van der Waals surface area contributed by atoms with Crippen molar-refractivity contribution in [1.82, 2.24) is 9.55 Å². The first-order valence-corrected chi connectivity index (χ1v) is 8.41. The van der Waals surface area contributed by atoms with Crippen molar-refractivity contribution in [3.8, 4) is 0 Å². The number of imidazole rings is 1. The van der Waals surface area contributed by atoms with Crippen LogP contribution in [0.1, 0.15) is 37.0 Å². The SMILES string of the molecule is CC(C)c1nc2c(n1C)CCN(c1ccc([N+](=O)[O-])cc1Br)C2. The largest absolute Gasteiger partial charge is 0.364 e. The van der Waals surface area contributed by atoms with Gasteiger partial charge in [-0.1, -0.05) is 13.8 Å². The minimum Gasteiger partial charge on any atom is -0.364 e. The van der Waals surface area contributed by atoms with E-state index in [2.05, 4.69) is 46.3 Å². The fourth-order valence-electron chi connectivity index (χ4n) is 3.14. The van der Waals surface area contributed by atoms with Gasteiger partial charge in [-0.2, -0.15) is 0 Å². The molecule has 122 valence electrons. The minimum atomic E-state index is -0.378. The van der Waals surface area contributed by atoms with Crippen molar-refractivity contribution in [3.05, 3.63) is 50.0 Å². The quantitative estimate of drug-likeness (QED) is 0.602. The van der Waals surface area contributed by atoms with Crippen LogP contribution in [-0.2, 0) is 20.0 Å². The van der Waals surface area contributed by atoms with Crippen LogP contribution in [0.2, 0.25) is 0 Å². The zero-order valence-electron chi connectivity index (χ0n) is 13.4. The highest BCUT2D eigenvalue weighted by Crippen LogP contribution is 2.33. The lowest BCUT2D eigenvalue weighted by molar-refractivity contribution is -0.384. The van der Waals surface area contributed by atoms with Gasteiger partial charge in [0.1, 0.15) is 5.82 Å². The van der Waals surface area contributed by atoms with E-state index in [4.69, 9.17) is 4.98 Å². The molecule has 7 heteroatoms. The van der Waals surface area contributed by atoms with Crippen LogP contribution >= 0.6 is 15.9 Å². The van der Waals surface area contributed by atoms with Crippen molar-refractivity contribution in [2.45, 2.75) is 32.7 Å². The standard InChI is InChI=1S/C16H19BrN4O2/c1-10(2)16-18-13-9-20(7-6-15(13)19(16)3)14-5-4-11(21(22)23)8-12(14)17/h4-5,8,10H,6-7,9H2,1-3H3. The highest BCUT2D eigenvalue weighted by atomic mass is 79.9. The summed E-state index contributed by atoms with van der Waals surface area (Å²) >= 11 is 3.46. The van der Waals surface area contributed by atoms with Crippen molar-refractivity contribution in [2.75, 3.05) is 11.4 Å². The molecule has 23 heavy (non-hydrogen) atoms. The molecule has 0 aliphatic carbocycles. The van der Waals surface area contributed by atoms with Gasteiger partial charge >= 0.3 is 0 Å². The second-order valence-corrected chi connectivity index (χ2v) is 7.00. The third-order valence-electron chi connectivity index (χ3n) is 4.29. The fraction of sp³-hybridized carbons (Fsp3) is 0.438. The van der Waals surface area contributed by atoms with E-state index in [1.807, 2.05) is 0 Å². The number of fused-ring (bicyclic) bond motifs is 1. The summed E-state index contributed by atoms with van der Waals surface area (Å²) in [6.07, 6.45) is 0.926. The summed E-state index contributed by atoms with van der Waals surface area (Å²) < 4.78 is 2.96. The molecule has 0 amide bonds. The van der Waals surface area contributed by atoms with Crippen molar-refractivity contribution in [1.29, 1.82) is 0 Å². The summed E-state index contributed by atoms with van der Waals surface area (Å²) in [5.41, 5.74) is 3.46. The first kappa shape index (κ1) is 16.0. The van der Waals surface area contributed by atoms with Crippen LogP contribution in [0.5, 0.6) is 0 Å². The Morgan fingerprint density at radius 2 is 2.13 bits per heavy atom. The Balaban J connectivity index is 1.90. The monoisotopic (exact) mass is 378 g/mol. The van der Waals surface area contributed by atoms with Crippen LogP contribution in [0.25, 0.3) is 0 Å². The Morgan fingerprint density at radius 1 is 1.39 bits per heavy atom. The van der Waals surface area contributed by atoms with E-state index < -0.39 is 0 Å². The van der Waals surface area contributed by atoms with Gasteiger partial charge in [0.25, 0.3) is 5.69 Å². The summed E-state index contributed by atoms with van der Waals surface area (Å²) in [7, 11) is 2.08. The molecule has 1 aromatic carbocycles. The number of halogens is 1. The zero-order chi connectivity index (χ0) is 16.7. The maximum Gasteiger partial charge on any atom is 0.270 e. The number of rotatable bonds is 3. The fourth-order valence-corrected chi connectivity index (χ4v) is 3.75. The minimum absolute atomic E-state index is 0.0956. The van der Waals surface area contributed by atoms with E-state index in [1.54, 1.807) is 18.2 Å². The van der Waals surface area contributed by atoms with Gasteiger partial charge in [-0.25, -0.2) is 4.98 Å². The third-order valence-corrected chi connectivity index (χ3v) is 4.92. The highest BCUT2D eigenvalue weighted by molar-refractivity contribution is 9.10. The lowest BCUT2D eigenvalue weighted by Gasteiger charge is -2.29. The average molecular weight is 379 g/mol. The predicted octanol–water partition coefficient (Wildman–Crippen LogP) is 3.78. The lowest BCUT2D eigenvalue weighted by atomic mass is 10.1. The molecular formula is C16H19BrN4O2. The predicted molar refractivity (Wildman–Crippen MR) is 92.8 cm³/mol. The summed E-state index contributed by atoms with van der Waals surface area (Å²) in [6, 6.07) is 4.91. The number of non-ortho nitro benzene ring substituents is 1. The van der Waals surface area contributed by atoms with Crippen LogP contribution in [0.4, 0.5) is 11.4 Å². The molecule has 0 radical (unpaired) electrons. The molecule has 6 nitrogen and oxygen atoms in total. The van der Waals surface area contributed by atoms with Crippen LogP contribution in [-0.4, -0.2) is 21.0 Å². The van der Waals surface area contributed by atoms with Crippen LogP contribution in [0.3, 0.4) is 0 Å². The van der Waals surface area contributed by atoms with Crippen LogP contribution in [0, 0.1) is 10.1 Å². The average Bonchev–Trinajstić information content (AvgIpc) is 2.84. The second kappa shape index (κ2) is 5.96. The van der Waals surface area contributed by atoms with E-state index in [0.29, 0.717) is 5.92 Å². The molecule has 0 fully saturated rings. The molecule has 1 aliphatic rings. The summed E-state index contributed by atoms with van der Waals surface area (Å²) in [6.45, 7) is 5.91. The van der Waals surface area contributed by atoms with Crippen molar-refractivity contribution >= 4 is 27.3 Å². The number of benzene rings is 1. The maximum atomic E-state index is 10.9. The lowest BCUT2D eigenvalue weighted by Crippen LogP contribution is -2.31. The van der Waals surface area contributed by atoms with E-state index in [9.17, 15) is 10.1 Å². The zero-order valence-corrected chi connectivity index (χ0v) is 15.0. The molecule has 0 saturated carbocycles. The summed E-state index contributed by atoms with van der Waals surface area (Å²) in [4.78, 5) is 17.5. The number of aromatic nitrogens is 2.